The van der Waals surface area contributed by atoms with Gasteiger partial charge in [-0.2, -0.15) is 0 Å². The third-order valence-corrected chi connectivity index (χ3v) is 2.92. The number of amides is 1. The molecular weight excluding hydrogens is 238 g/mol. The number of carbonyl (C=O) groups excluding carboxylic acids is 1. The lowest BCUT2D eigenvalue weighted by Crippen LogP contribution is -2.32. The molecule has 0 bridgehead atoms. The zero-order valence-electron chi connectivity index (χ0n) is 10.2. The predicted molar refractivity (Wildman–Crippen MR) is 69.5 cm³/mol. The number of hydrogen-bond acceptors (Lipinski definition) is 2. The standard InChI is InChI=1S/C13H18ClNO2/c1-3-15(7-4-8-16)13(17)12-9-11(14)6-5-10(12)2/h5-6,9,16H,3-4,7-8H2,1-2H3. The van der Waals surface area contributed by atoms with Crippen LogP contribution in [0.25, 0.3) is 0 Å². The van der Waals surface area contributed by atoms with Crippen molar-refractivity contribution in [2.24, 2.45) is 0 Å². The van der Waals surface area contributed by atoms with Gasteiger partial charge in [0, 0.05) is 30.3 Å². The van der Waals surface area contributed by atoms with E-state index in [4.69, 9.17) is 16.7 Å². The van der Waals surface area contributed by atoms with Gasteiger partial charge in [-0.3, -0.25) is 4.79 Å². The van der Waals surface area contributed by atoms with Gasteiger partial charge in [-0.1, -0.05) is 17.7 Å². The lowest BCUT2D eigenvalue weighted by molar-refractivity contribution is 0.0753. The highest BCUT2D eigenvalue weighted by Gasteiger charge is 2.15. The van der Waals surface area contributed by atoms with Gasteiger partial charge in [-0.15, -0.1) is 0 Å². The van der Waals surface area contributed by atoms with Crippen molar-refractivity contribution in [1.29, 1.82) is 0 Å². The van der Waals surface area contributed by atoms with Gasteiger partial charge in [0.15, 0.2) is 0 Å². The maximum atomic E-state index is 12.2. The molecule has 0 saturated heterocycles. The average Bonchev–Trinajstić information content (AvgIpc) is 2.33. The summed E-state index contributed by atoms with van der Waals surface area (Å²) in [5, 5.41) is 9.37. The topological polar surface area (TPSA) is 40.5 Å². The van der Waals surface area contributed by atoms with Crippen molar-refractivity contribution in [1.82, 2.24) is 4.90 Å². The summed E-state index contributed by atoms with van der Waals surface area (Å²) in [6.45, 7) is 5.11. The summed E-state index contributed by atoms with van der Waals surface area (Å²) in [7, 11) is 0. The molecule has 17 heavy (non-hydrogen) atoms. The van der Waals surface area contributed by atoms with Crippen LogP contribution >= 0.6 is 11.6 Å². The van der Waals surface area contributed by atoms with E-state index in [1.807, 2.05) is 19.9 Å². The zero-order chi connectivity index (χ0) is 12.8. The summed E-state index contributed by atoms with van der Waals surface area (Å²) >= 11 is 5.90. The molecule has 0 heterocycles. The van der Waals surface area contributed by atoms with Crippen LogP contribution < -0.4 is 0 Å². The minimum absolute atomic E-state index is 0.0269. The summed E-state index contributed by atoms with van der Waals surface area (Å²) in [6, 6.07) is 5.31. The van der Waals surface area contributed by atoms with Crippen LogP contribution in [-0.4, -0.2) is 35.6 Å². The van der Waals surface area contributed by atoms with Gasteiger partial charge in [0.25, 0.3) is 5.91 Å². The van der Waals surface area contributed by atoms with Gasteiger partial charge >= 0.3 is 0 Å². The smallest absolute Gasteiger partial charge is 0.254 e. The van der Waals surface area contributed by atoms with E-state index in [1.165, 1.54) is 0 Å². The Morgan fingerprint density at radius 3 is 2.76 bits per heavy atom. The Kier molecular flexibility index (Phi) is 5.45. The van der Waals surface area contributed by atoms with Crippen LogP contribution in [0.3, 0.4) is 0 Å². The van der Waals surface area contributed by atoms with Gasteiger partial charge in [-0.05, 0) is 38.0 Å². The van der Waals surface area contributed by atoms with Crippen molar-refractivity contribution in [3.05, 3.63) is 34.3 Å². The van der Waals surface area contributed by atoms with Crippen molar-refractivity contribution in [2.45, 2.75) is 20.3 Å². The van der Waals surface area contributed by atoms with E-state index in [-0.39, 0.29) is 12.5 Å². The number of benzene rings is 1. The summed E-state index contributed by atoms with van der Waals surface area (Å²) in [5.41, 5.74) is 1.55. The molecule has 0 unspecified atom stereocenters. The largest absolute Gasteiger partial charge is 0.396 e. The number of rotatable bonds is 5. The maximum Gasteiger partial charge on any atom is 0.254 e. The first-order valence-electron chi connectivity index (χ1n) is 5.76. The summed E-state index contributed by atoms with van der Waals surface area (Å²) in [6.07, 6.45) is 0.596. The normalized spacial score (nSPS) is 10.4. The fourth-order valence-electron chi connectivity index (χ4n) is 1.66. The number of hydrogen-bond donors (Lipinski definition) is 1. The quantitative estimate of drug-likeness (QED) is 0.878. The van der Waals surface area contributed by atoms with E-state index in [2.05, 4.69) is 0 Å². The molecule has 0 aromatic heterocycles. The SMILES string of the molecule is CCN(CCCO)C(=O)c1cc(Cl)ccc1C. The molecule has 0 atom stereocenters. The highest BCUT2D eigenvalue weighted by Crippen LogP contribution is 2.17. The van der Waals surface area contributed by atoms with E-state index in [0.29, 0.717) is 30.1 Å². The number of halogens is 1. The molecule has 1 aromatic carbocycles. The molecule has 0 spiro atoms. The van der Waals surface area contributed by atoms with Crippen molar-refractivity contribution in [3.63, 3.8) is 0 Å². The molecule has 0 radical (unpaired) electrons. The fraction of sp³-hybridized carbons (Fsp3) is 0.462. The van der Waals surface area contributed by atoms with E-state index < -0.39 is 0 Å². The first-order valence-corrected chi connectivity index (χ1v) is 6.14. The number of nitrogens with zero attached hydrogens (tertiary/aromatic N) is 1. The Bertz CT molecular complexity index is 393. The van der Waals surface area contributed by atoms with Crippen molar-refractivity contribution in [3.8, 4) is 0 Å². The maximum absolute atomic E-state index is 12.2. The Morgan fingerprint density at radius 1 is 1.47 bits per heavy atom. The number of aliphatic hydroxyl groups excluding tert-OH is 1. The van der Waals surface area contributed by atoms with E-state index in [1.54, 1.807) is 17.0 Å². The first-order chi connectivity index (χ1) is 8.10. The highest BCUT2D eigenvalue weighted by molar-refractivity contribution is 6.31. The average molecular weight is 256 g/mol. The summed E-state index contributed by atoms with van der Waals surface area (Å²) in [4.78, 5) is 14.0. The minimum atomic E-state index is -0.0269. The number of aliphatic hydroxyl groups is 1. The van der Waals surface area contributed by atoms with Crippen LogP contribution in [-0.2, 0) is 0 Å². The van der Waals surface area contributed by atoms with Crippen LogP contribution in [0.5, 0.6) is 0 Å². The molecule has 3 nitrogen and oxygen atoms in total. The van der Waals surface area contributed by atoms with E-state index in [9.17, 15) is 4.79 Å². The lowest BCUT2D eigenvalue weighted by Gasteiger charge is -2.21. The zero-order valence-corrected chi connectivity index (χ0v) is 11.0. The molecule has 94 valence electrons. The Labute approximate surface area is 107 Å². The second kappa shape index (κ2) is 6.62. The second-order valence-corrected chi connectivity index (χ2v) is 4.36. The molecule has 4 heteroatoms. The second-order valence-electron chi connectivity index (χ2n) is 3.92. The fourth-order valence-corrected chi connectivity index (χ4v) is 1.83. The summed E-state index contributed by atoms with van der Waals surface area (Å²) in [5.74, 6) is -0.0269. The van der Waals surface area contributed by atoms with Gasteiger partial charge in [0.05, 0.1) is 0 Å². The minimum Gasteiger partial charge on any atom is -0.396 e. The van der Waals surface area contributed by atoms with Gasteiger partial charge in [0.2, 0.25) is 0 Å². The van der Waals surface area contributed by atoms with E-state index >= 15 is 0 Å². The van der Waals surface area contributed by atoms with Crippen LogP contribution in [0.15, 0.2) is 18.2 Å². The third-order valence-electron chi connectivity index (χ3n) is 2.69. The van der Waals surface area contributed by atoms with Gasteiger partial charge < -0.3 is 10.0 Å². The molecule has 0 fully saturated rings. The third kappa shape index (κ3) is 3.72. The van der Waals surface area contributed by atoms with Crippen LogP contribution in [0, 0.1) is 6.92 Å². The van der Waals surface area contributed by atoms with Crippen molar-refractivity contribution >= 4 is 17.5 Å². The Hall–Kier alpha value is -1.06. The van der Waals surface area contributed by atoms with Gasteiger partial charge in [-0.25, -0.2) is 0 Å². The molecule has 0 saturated carbocycles. The molecule has 0 aliphatic heterocycles. The molecular formula is C13H18ClNO2. The summed E-state index contributed by atoms with van der Waals surface area (Å²) < 4.78 is 0. The first kappa shape index (κ1) is 14.0. The van der Waals surface area contributed by atoms with E-state index in [0.717, 1.165) is 5.56 Å². The van der Waals surface area contributed by atoms with Crippen molar-refractivity contribution in [2.75, 3.05) is 19.7 Å². The number of aryl methyl sites for hydroxylation is 1. The molecule has 1 rings (SSSR count). The Morgan fingerprint density at radius 2 is 2.18 bits per heavy atom. The van der Waals surface area contributed by atoms with Crippen LogP contribution in [0.2, 0.25) is 5.02 Å². The molecule has 1 amide bonds. The Balaban J connectivity index is 2.89. The van der Waals surface area contributed by atoms with Gasteiger partial charge in [0.1, 0.15) is 0 Å². The highest BCUT2D eigenvalue weighted by atomic mass is 35.5. The van der Waals surface area contributed by atoms with Crippen LogP contribution in [0.4, 0.5) is 0 Å². The monoisotopic (exact) mass is 255 g/mol. The molecule has 0 aliphatic rings. The molecule has 0 aliphatic carbocycles. The molecule has 1 aromatic rings. The van der Waals surface area contributed by atoms with Crippen molar-refractivity contribution < 1.29 is 9.90 Å². The van der Waals surface area contributed by atoms with Crippen LogP contribution in [0.1, 0.15) is 29.3 Å². The molecule has 1 N–H and O–H groups in total. The predicted octanol–water partition coefficient (Wildman–Crippen LogP) is 2.49. The lowest BCUT2D eigenvalue weighted by atomic mass is 10.1. The number of carbonyl (C=O) groups is 1.